The first-order valence-electron chi connectivity index (χ1n) is 6.21. The van der Waals surface area contributed by atoms with Gasteiger partial charge >= 0.3 is 0 Å². The lowest BCUT2D eigenvalue weighted by atomic mass is 9.96. The van der Waals surface area contributed by atoms with Gasteiger partial charge in [-0.05, 0) is 44.4 Å². The first-order valence-corrected chi connectivity index (χ1v) is 6.21. The summed E-state index contributed by atoms with van der Waals surface area (Å²) in [4.78, 5) is 0. The summed E-state index contributed by atoms with van der Waals surface area (Å²) in [6, 6.07) is 0.716. The van der Waals surface area contributed by atoms with Gasteiger partial charge in [-0.3, -0.25) is 0 Å². The molecule has 0 aliphatic heterocycles. The molecule has 14 heavy (non-hydrogen) atoms. The van der Waals surface area contributed by atoms with Gasteiger partial charge in [0.1, 0.15) is 0 Å². The molecule has 1 heteroatoms. The minimum Gasteiger partial charge on any atom is -0.309 e. The Kier molecular flexibility index (Phi) is 2.42. The first kappa shape index (κ1) is 10.5. The molecule has 0 aromatic carbocycles. The second kappa shape index (κ2) is 3.23. The molecule has 2 unspecified atom stereocenters. The van der Waals surface area contributed by atoms with Crippen LogP contribution in [0.4, 0.5) is 0 Å². The Morgan fingerprint density at radius 1 is 1.14 bits per heavy atom. The predicted octanol–water partition coefficient (Wildman–Crippen LogP) is 3.34. The van der Waals surface area contributed by atoms with Gasteiger partial charge in [-0.2, -0.15) is 0 Å². The highest BCUT2D eigenvalue weighted by Gasteiger charge is 2.49. The van der Waals surface area contributed by atoms with E-state index in [2.05, 4.69) is 33.0 Å². The molecule has 0 heterocycles. The first-order chi connectivity index (χ1) is 6.43. The lowest BCUT2D eigenvalue weighted by Gasteiger charge is -2.30. The Labute approximate surface area is 88.7 Å². The van der Waals surface area contributed by atoms with E-state index < -0.39 is 0 Å². The maximum atomic E-state index is 3.87. The van der Waals surface area contributed by atoms with Crippen LogP contribution in [0.1, 0.15) is 59.8 Å². The fraction of sp³-hybridized carbons (Fsp3) is 1.00. The highest BCUT2D eigenvalue weighted by atomic mass is 15.0. The molecule has 0 bridgehead atoms. The Bertz CT molecular complexity index is 213. The molecule has 0 saturated heterocycles. The van der Waals surface area contributed by atoms with E-state index in [1.165, 1.54) is 32.1 Å². The van der Waals surface area contributed by atoms with Crippen LogP contribution in [-0.4, -0.2) is 11.6 Å². The van der Waals surface area contributed by atoms with E-state index in [9.17, 15) is 0 Å². The molecular weight excluding hydrogens is 170 g/mol. The molecule has 82 valence electrons. The zero-order valence-corrected chi connectivity index (χ0v) is 10.2. The molecule has 0 spiro atoms. The van der Waals surface area contributed by atoms with Crippen molar-refractivity contribution in [3.63, 3.8) is 0 Å². The number of nitrogens with one attached hydrogen (secondary N) is 1. The van der Waals surface area contributed by atoms with Gasteiger partial charge in [-0.1, -0.05) is 26.7 Å². The highest BCUT2D eigenvalue weighted by Crippen LogP contribution is 2.53. The lowest BCUT2D eigenvalue weighted by molar-refractivity contribution is 0.292. The average Bonchev–Trinajstić information content (AvgIpc) is 2.51. The molecule has 2 fully saturated rings. The average molecular weight is 195 g/mol. The normalized spacial score (nSPS) is 35.6. The summed E-state index contributed by atoms with van der Waals surface area (Å²) in [6.07, 6.45) is 7.01. The number of hydrogen-bond acceptors (Lipinski definition) is 1. The van der Waals surface area contributed by atoms with Crippen LogP contribution in [0.15, 0.2) is 0 Å². The summed E-state index contributed by atoms with van der Waals surface area (Å²) in [7, 11) is 0. The summed E-state index contributed by atoms with van der Waals surface area (Å²) >= 11 is 0. The standard InChI is InChI=1S/C13H25N/c1-10(11-9-12(11,2)3)14-13(4)7-5-6-8-13/h10-11,14H,5-9H2,1-4H3. The van der Waals surface area contributed by atoms with Gasteiger partial charge in [0.15, 0.2) is 0 Å². The fourth-order valence-corrected chi connectivity index (χ4v) is 3.31. The van der Waals surface area contributed by atoms with Gasteiger partial charge in [0.25, 0.3) is 0 Å². The summed E-state index contributed by atoms with van der Waals surface area (Å²) in [5, 5.41) is 3.87. The largest absolute Gasteiger partial charge is 0.309 e. The van der Waals surface area contributed by atoms with Crippen molar-refractivity contribution < 1.29 is 0 Å². The van der Waals surface area contributed by atoms with E-state index in [4.69, 9.17) is 0 Å². The van der Waals surface area contributed by atoms with E-state index in [0.717, 1.165) is 5.92 Å². The molecule has 2 aliphatic rings. The molecule has 0 aromatic heterocycles. The minimum atomic E-state index is 0.456. The summed E-state index contributed by atoms with van der Waals surface area (Å²) in [6.45, 7) is 9.58. The van der Waals surface area contributed by atoms with Gasteiger partial charge in [-0.25, -0.2) is 0 Å². The number of hydrogen-bond donors (Lipinski definition) is 1. The van der Waals surface area contributed by atoms with E-state index in [1.54, 1.807) is 0 Å². The maximum absolute atomic E-state index is 3.87. The van der Waals surface area contributed by atoms with Crippen LogP contribution >= 0.6 is 0 Å². The van der Waals surface area contributed by atoms with Crippen LogP contribution in [-0.2, 0) is 0 Å². The number of rotatable bonds is 3. The zero-order chi connectivity index (χ0) is 10.4. The smallest absolute Gasteiger partial charge is 0.0155 e. The molecule has 1 N–H and O–H groups in total. The molecule has 0 radical (unpaired) electrons. The Hall–Kier alpha value is -0.0400. The maximum Gasteiger partial charge on any atom is 0.0155 e. The molecular formula is C13H25N. The van der Waals surface area contributed by atoms with Crippen LogP contribution in [0.25, 0.3) is 0 Å². The third kappa shape index (κ3) is 1.98. The molecule has 0 aromatic rings. The van der Waals surface area contributed by atoms with Crippen LogP contribution in [0.2, 0.25) is 0 Å². The SMILES string of the molecule is CC(NC1(C)CCCC1)C1CC1(C)C. The molecule has 2 atom stereocenters. The monoisotopic (exact) mass is 195 g/mol. The third-order valence-corrected chi connectivity index (χ3v) is 4.48. The molecule has 2 saturated carbocycles. The zero-order valence-electron chi connectivity index (χ0n) is 10.2. The van der Waals surface area contributed by atoms with E-state index >= 15 is 0 Å². The summed E-state index contributed by atoms with van der Waals surface area (Å²) in [5.74, 6) is 0.917. The van der Waals surface area contributed by atoms with E-state index in [-0.39, 0.29) is 0 Å². The Morgan fingerprint density at radius 3 is 2.07 bits per heavy atom. The van der Waals surface area contributed by atoms with Crippen molar-refractivity contribution >= 4 is 0 Å². The minimum absolute atomic E-state index is 0.456. The van der Waals surface area contributed by atoms with Crippen molar-refractivity contribution in [1.29, 1.82) is 0 Å². The van der Waals surface area contributed by atoms with Crippen LogP contribution in [0.3, 0.4) is 0 Å². The molecule has 2 rings (SSSR count). The van der Waals surface area contributed by atoms with Crippen molar-refractivity contribution in [3.8, 4) is 0 Å². The topological polar surface area (TPSA) is 12.0 Å². The van der Waals surface area contributed by atoms with Crippen molar-refractivity contribution in [3.05, 3.63) is 0 Å². The van der Waals surface area contributed by atoms with Crippen molar-refractivity contribution in [2.24, 2.45) is 11.3 Å². The van der Waals surface area contributed by atoms with E-state index in [1.807, 2.05) is 0 Å². The second-order valence-corrected chi connectivity index (χ2v) is 6.50. The van der Waals surface area contributed by atoms with Gasteiger partial charge in [0.05, 0.1) is 0 Å². The molecule has 2 aliphatic carbocycles. The van der Waals surface area contributed by atoms with Gasteiger partial charge in [-0.15, -0.1) is 0 Å². The third-order valence-electron chi connectivity index (χ3n) is 4.48. The Morgan fingerprint density at radius 2 is 1.64 bits per heavy atom. The Balaban J connectivity index is 1.85. The summed E-state index contributed by atoms with van der Waals surface area (Å²) in [5.41, 5.74) is 1.07. The van der Waals surface area contributed by atoms with Crippen LogP contribution in [0.5, 0.6) is 0 Å². The van der Waals surface area contributed by atoms with Crippen molar-refractivity contribution in [1.82, 2.24) is 5.32 Å². The van der Waals surface area contributed by atoms with Crippen LogP contribution < -0.4 is 5.32 Å². The predicted molar refractivity (Wildman–Crippen MR) is 61.4 cm³/mol. The highest BCUT2D eigenvalue weighted by molar-refractivity contribution is 5.03. The van der Waals surface area contributed by atoms with Crippen LogP contribution in [0, 0.1) is 11.3 Å². The van der Waals surface area contributed by atoms with Gasteiger partial charge < -0.3 is 5.32 Å². The van der Waals surface area contributed by atoms with Gasteiger partial charge in [0, 0.05) is 11.6 Å². The van der Waals surface area contributed by atoms with Crippen molar-refractivity contribution in [2.45, 2.75) is 71.4 Å². The second-order valence-electron chi connectivity index (χ2n) is 6.50. The molecule has 0 amide bonds. The van der Waals surface area contributed by atoms with Gasteiger partial charge in [0.2, 0.25) is 0 Å². The van der Waals surface area contributed by atoms with E-state index in [0.29, 0.717) is 17.0 Å². The molecule has 1 nitrogen and oxygen atoms in total. The fourth-order valence-electron chi connectivity index (χ4n) is 3.31. The quantitative estimate of drug-likeness (QED) is 0.728. The lowest BCUT2D eigenvalue weighted by Crippen LogP contribution is -2.46. The summed E-state index contributed by atoms with van der Waals surface area (Å²) < 4.78 is 0. The van der Waals surface area contributed by atoms with Crippen molar-refractivity contribution in [2.75, 3.05) is 0 Å².